The molecule has 1 saturated heterocycles. The fourth-order valence-electron chi connectivity index (χ4n) is 2.23. The van der Waals surface area contributed by atoms with Gasteiger partial charge in [0.15, 0.2) is 0 Å². The van der Waals surface area contributed by atoms with Crippen molar-refractivity contribution in [2.75, 3.05) is 13.2 Å². The Morgan fingerprint density at radius 2 is 2.44 bits per heavy atom. The molecule has 18 heavy (non-hydrogen) atoms. The molecular weight excluding hydrogens is 228 g/mol. The van der Waals surface area contributed by atoms with Gasteiger partial charge in [-0.3, -0.25) is 9.78 Å². The summed E-state index contributed by atoms with van der Waals surface area (Å²) in [6.45, 7) is 3.33. The molecule has 98 valence electrons. The SMILES string of the molecule is CCOC(=O)CCc1cccc([C@@H]2CCCN2)n1. The van der Waals surface area contributed by atoms with Crippen LogP contribution in [-0.2, 0) is 16.0 Å². The van der Waals surface area contributed by atoms with E-state index in [0.717, 1.165) is 24.4 Å². The van der Waals surface area contributed by atoms with Crippen LogP contribution in [0.1, 0.15) is 43.6 Å². The third-order valence-electron chi connectivity index (χ3n) is 3.14. The third kappa shape index (κ3) is 3.53. The number of nitrogens with one attached hydrogen (secondary N) is 1. The van der Waals surface area contributed by atoms with Crippen LogP contribution in [0.3, 0.4) is 0 Å². The van der Waals surface area contributed by atoms with Gasteiger partial charge in [0.25, 0.3) is 0 Å². The molecule has 1 fully saturated rings. The lowest BCUT2D eigenvalue weighted by Gasteiger charge is -2.10. The number of aryl methyl sites for hydroxylation is 1. The second kappa shape index (κ2) is 6.50. The number of pyridine rings is 1. The summed E-state index contributed by atoms with van der Waals surface area (Å²) < 4.78 is 4.91. The smallest absolute Gasteiger partial charge is 0.306 e. The molecule has 2 rings (SSSR count). The molecule has 1 aliphatic heterocycles. The van der Waals surface area contributed by atoms with E-state index in [2.05, 4.69) is 16.4 Å². The van der Waals surface area contributed by atoms with Crippen molar-refractivity contribution in [3.05, 3.63) is 29.6 Å². The zero-order chi connectivity index (χ0) is 12.8. The van der Waals surface area contributed by atoms with Crippen molar-refractivity contribution in [3.8, 4) is 0 Å². The minimum atomic E-state index is -0.149. The second-order valence-corrected chi connectivity index (χ2v) is 4.51. The Hall–Kier alpha value is -1.42. The highest BCUT2D eigenvalue weighted by molar-refractivity contribution is 5.69. The Kier molecular flexibility index (Phi) is 4.70. The Bertz CT molecular complexity index is 401. The molecule has 0 bridgehead atoms. The molecule has 0 spiro atoms. The lowest BCUT2D eigenvalue weighted by molar-refractivity contribution is -0.143. The van der Waals surface area contributed by atoms with Gasteiger partial charge in [0.1, 0.15) is 0 Å². The van der Waals surface area contributed by atoms with E-state index in [1.54, 1.807) is 0 Å². The van der Waals surface area contributed by atoms with Crippen LogP contribution in [0, 0.1) is 0 Å². The number of esters is 1. The highest BCUT2D eigenvalue weighted by Gasteiger charge is 2.17. The van der Waals surface area contributed by atoms with Gasteiger partial charge in [0, 0.05) is 18.2 Å². The van der Waals surface area contributed by atoms with Crippen LogP contribution in [0.4, 0.5) is 0 Å². The number of aromatic nitrogens is 1. The highest BCUT2D eigenvalue weighted by Crippen LogP contribution is 2.21. The largest absolute Gasteiger partial charge is 0.466 e. The highest BCUT2D eigenvalue weighted by atomic mass is 16.5. The summed E-state index contributed by atoms with van der Waals surface area (Å²) in [5, 5.41) is 3.43. The first-order valence-corrected chi connectivity index (χ1v) is 6.64. The molecule has 0 aliphatic carbocycles. The molecule has 1 atom stereocenters. The molecular formula is C14H20N2O2. The zero-order valence-electron chi connectivity index (χ0n) is 10.8. The summed E-state index contributed by atoms with van der Waals surface area (Å²) in [6.07, 6.45) is 3.41. The number of hydrogen-bond donors (Lipinski definition) is 1. The maximum absolute atomic E-state index is 11.3. The fourth-order valence-corrected chi connectivity index (χ4v) is 2.23. The molecule has 1 N–H and O–H groups in total. The average Bonchev–Trinajstić information content (AvgIpc) is 2.91. The van der Waals surface area contributed by atoms with E-state index in [-0.39, 0.29) is 5.97 Å². The minimum Gasteiger partial charge on any atom is -0.466 e. The molecule has 0 saturated carbocycles. The monoisotopic (exact) mass is 248 g/mol. The molecule has 4 heteroatoms. The molecule has 1 aromatic heterocycles. The number of ether oxygens (including phenoxy) is 1. The van der Waals surface area contributed by atoms with E-state index in [9.17, 15) is 4.79 Å². The quantitative estimate of drug-likeness (QED) is 0.810. The predicted octanol–water partition coefficient (Wildman–Crippen LogP) is 2.00. The van der Waals surface area contributed by atoms with Gasteiger partial charge in [-0.1, -0.05) is 6.07 Å². The topological polar surface area (TPSA) is 51.2 Å². The van der Waals surface area contributed by atoms with Gasteiger partial charge in [-0.15, -0.1) is 0 Å². The average molecular weight is 248 g/mol. The lowest BCUT2D eigenvalue weighted by atomic mass is 10.1. The standard InChI is InChI=1S/C14H20N2O2/c1-2-18-14(17)9-8-11-5-3-6-13(16-11)12-7-4-10-15-12/h3,5-6,12,15H,2,4,7-10H2,1H3/t12-/m0/s1. The summed E-state index contributed by atoms with van der Waals surface area (Å²) >= 11 is 0. The summed E-state index contributed by atoms with van der Waals surface area (Å²) in [5.74, 6) is -0.149. The zero-order valence-corrected chi connectivity index (χ0v) is 10.8. The van der Waals surface area contributed by atoms with Crippen molar-refractivity contribution in [1.29, 1.82) is 0 Å². The van der Waals surface area contributed by atoms with Gasteiger partial charge in [0.2, 0.25) is 0 Å². The van der Waals surface area contributed by atoms with Crippen LogP contribution in [0.5, 0.6) is 0 Å². The first kappa shape index (κ1) is 13.0. The number of carbonyl (C=O) groups excluding carboxylic acids is 1. The molecule has 0 aromatic carbocycles. The van der Waals surface area contributed by atoms with Crippen LogP contribution >= 0.6 is 0 Å². The minimum absolute atomic E-state index is 0.149. The Labute approximate surface area is 108 Å². The second-order valence-electron chi connectivity index (χ2n) is 4.51. The number of carbonyl (C=O) groups is 1. The molecule has 0 radical (unpaired) electrons. The van der Waals surface area contributed by atoms with Crippen LogP contribution in [-0.4, -0.2) is 24.1 Å². The number of rotatable bonds is 5. The van der Waals surface area contributed by atoms with Crippen LogP contribution in [0.25, 0.3) is 0 Å². The van der Waals surface area contributed by atoms with Crippen LogP contribution in [0.15, 0.2) is 18.2 Å². The molecule has 0 amide bonds. The Morgan fingerprint density at radius 1 is 1.56 bits per heavy atom. The third-order valence-corrected chi connectivity index (χ3v) is 3.14. The van der Waals surface area contributed by atoms with E-state index in [1.165, 1.54) is 6.42 Å². The summed E-state index contributed by atoms with van der Waals surface area (Å²) in [6, 6.07) is 6.42. The van der Waals surface area contributed by atoms with Gasteiger partial charge >= 0.3 is 5.97 Å². The normalized spacial score (nSPS) is 18.8. The lowest BCUT2D eigenvalue weighted by Crippen LogP contribution is -2.15. The van der Waals surface area contributed by atoms with E-state index < -0.39 is 0 Å². The van der Waals surface area contributed by atoms with Crippen molar-refractivity contribution < 1.29 is 9.53 Å². The maximum Gasteiger partial charge on any atom is 0.306 e. The van der Waals surface area contributed by atoms with Crippen molar-refractivity contribution >= 4 is 5.97 Å². The van der Waals surface area contributed by atoms with Gasteiger partial charge in [-0.25, -0.2) is 0 Å². The van der Waals surface area contributed by atoms with E-state index in [0.29, 0.717) is 25.5 Å². The van der Waals surface area contributed by atoms with Crippen molar-refractivity contribution in [2.24, 2.45) is 0 Å². The fraction of sp³-hybridized carbons (Fsp3) is 0.571. The van der Waals surface area contributed by atoms with Crippen LogP contribution < -0.4 is 5.32 Å². The van der Waals surface area contributed by atoms with Gasteiger partial charge < -0.3 is 10.1 Å². The first-order chi connectivity index (χ1) is 8.79. The first-order valence-electron chi connectivity index (χ1n) is 6.64. The molecule has 4 nitrogen and oxygen atoms in total. The maximum atomic E-state index is 11.3. The van der Waals surface area contributed by atoms with Crippen LogP contribution in [0.2, 0.25) is 0 Å². The van der Waals surface area contributed by atoms with Gasteiger partial charge in [-0.05, 0) is 38.4 Å². The van der Waals surface area contributed by atoms with E-state index >= 15 is 0 Å². The van der Waals surface area contributed by atoms with Crippen molar-refractivity contribution in [3.63, 3.8) is 0 Å². The summed E-state index contributed by atoms with van der Waals surface area (Å²) in [7, 11) is 0. The molecule has 1 aromatic rings. The summed E-state index contributed by atoms with van der Waals surface area (Å²) in [5.41, 5.74) is 2.06. The molecule has 0 unspecified atom stereocenters. The van der Waals surface area contributed by atoms with E-state index in [1.807, 2.05) is 19.1 Å². The Morgan fingerprint density at radius 3 is 3.17 bits per heavy atom. The van der Waals surface area contributed by atoms with E-state index in [4.69, 9.17) is 4.74 Å². The number of nitrogens with zero attached hydrogens (tertiary/aromatic N) is 1. The molecule has 1 aliphatic rings. The van der Waals surface area contributed by atoms with Gasteiger partial charge in [-0.2, -0.15) is 0 Å². The predicted molar refractivity (Wildman–Crippen MR) is 69.2 cm³/mol. The Balaban J connectivity index is 1.92. The molecule has 2 heterocycles. The van der Waals surface area contributed by atoms with Gasteiger partial charge in [0.05, 0.1) is 18.7 Å². The van der Waals surface area contributed by atoms with Crippen molar-refractivity contribution in [2.45, 2.75) is 38.6 Å². The number of hydrogen-bond acceptors (Lipinski definition) is 4. The van der Waals surface area contributed by atoms with Crippen molar-refractivity contribution in [1.82, 2.24) is 10.3 Å². The summed E-state index contributed by atoms with van der Waals surface area (Å²) in [4.78, 5) is 15.9.